The van der Waals surface area contributed by atoms with Crippen LogP contribution in [0, 0.1) is 0 Å². The average Bonchev–Trinajstić information content (AvgIpc) is 2.18. The number of hydrogen-bond acceptors (Lipinski definition) is 4. The molecule has 16 heavy (non-hydrogen) atoms. The molecule has 0 aliphatic heterocycles. The van der Waals surface area contributed by atoms with Crippen LogP contribution in [0.4, 0.5) is 0 Å². The molecule has 1 aromatic rings. The highest BCUT2D eigenvalue weighted by Gasteiger charge is 1.94. The number of rotatable bonds is 4. The first kappa shape index (κ1) is 14.9. The molecule has 1 aromatic carbocycles. The Kier molecular flexibility index (Phi) is 8.52. The second-order valence-electron chi connectivity index (χ2n) is 3.30. The first-order valence-corrected chi connectivity index (χ1v) is 5.32. The van der Waals surface area contributed by atoms with E-state index in [4.69, 9.17) is 20.1 Å². The minimum absolute atomic E-state index is 0.486. The summed E-state index contributed by atoms with van der Waals surface area (Å²) in [7, 11) is 0. The fraction of sp³-hybridized carbons (Fsp3) is 0.500. The predicted octanol–water partition coefficient (Wildman–Crippen LogP) is 1.50. The van der Waals surface area contributed by atoms with Crippen molar-refractivity contribution in [2.75, 3.05) is 0 Å². The number of aliphatic hydroxyl groups is 3. The summed E-state index contributed by atoms with van der Waals surface area (Å²) in [6, 6.07) is 9.21. The van der Waals surface area contributed by atoms with Gasteiger partial charge in [0.1, 0.15) is 5.75 Å². The molecule has 3 N–H and O–H groups in total. The van der Waals surface area contributed by atoms with E-state index in [0.717, 1.165) is 6.42 Å². The molecule has 0 saturated carbocycles. The minimum atomic E-state index is -1.10. The van der Waals surface area contributed by atoms with Gasteiger partial charge in [0.05, 0.1) is 0 Å². The highest BCUT2D eigenvalue weighted by molar-refractivity contribution is 5.20. The number of ether oxygens (including phenoxy) is 1. The molecule has 0 heterocycles. The van der Waals surface area contributed by atoms with Gasteiger partial charge in [-0.05, 0) is 25.5 Å². The van der Waals surface area contributed by atoms with Crippen LogP contribution in [-0.2, 0) is 0 Å². The number of benzene rings is 1. The second kappa shape index (κ2) is 9.15. The van der Waals surface area contributed by atoms with Crippen molar-refractivity contribution in [3.63, 3.8) is 0 Å². The van der Waals surface area contributed by atoms with Crippen molar-refractivity contribution in [2.24, 2.45) is 0 Å². The Hall–Kier alpha value is -1.10. The van der Waals surface area contributed by atoms with Gasteiger partial charge in [0, 0.05) is 0 Å². The van der Waals surface area contributed by atoms with E-state index in [-0.39, 0.29) is 0 Å². The third-order valence-electron chi connectivity index (χ3n) is 1.60. The zero-order valence-electron chi connectivity index (χ0n) is 9.71. The van der Waals surface area contributed by atoms with Crippen LogP contribution in [0.2, 0.25) is 0 Å². The van der Waals surface area contributed by atoms with Crippen molar-refractivity contribution in [1.82, 2.24) is 0 Å². The van der Waals surface area contributed by atoms with E-state index in [1.54, 1.807) is 19.1 Å². The van der Waals surface area contributed by atoms with Gasteiger partial charge in [-0.1, -0.05) is 31.5 Å². The molecule has 0 amide bonds. The summed E-state index contributed by atoms with van der Waals surface area (Å²) < 4.78 is 4.97. The Labute approximate surface area is 96.1 Å². The molecule has 92 valence electrons. The van der Waals surface area contributed by atoms with E-state index in [2.05, 4.69) is 0 Å². The zero-order chi connectivity index (χ0) is 12.4. The molecule has 4 heteroatoms. The maximum atomic E-state index is 8.78. The molecular weight excluding hydrogens is 208 g/mol. The fourth-order valence-electron chi connectivity index (χ4n) is 0.954. The molecule has 0 bridgehead atoms. The van der Waals surface area contributed by atoms with Gasteiger partial charge in [-0.25, -0.2) is 0 Å². The first-order chi connectivity index (χ1) is 7.56. The summed E-state index contributed by atoms with van der Waals surface area (Å²) in [5.41, 5.74) is 0. The quantitative estimate of drug-likeness (QED) is 0.683. The minimum Gasteiger partial charge on any atom is -0.465 e. The van der Waals surface area contributed by atoms with Crippen LogP contribution in [0.15, 0.2) is 30.3 Å². The van der Waals surface area contributed by atoms with Gasteiger partial charge < -0.3 is 20.1 Å². The van der Waals surface area contributed by atoms with E-state index in [1.165, 1.54) is 0 Å². The van der Waals surface area contributed by atoms with Crippen molar-refractivity contribution in [2.45, 2.75) is 39.3 Å². The van der Waals surface area contributed by atoms with Gasteiger partial charge in [-0.15, -0.1) is 0 Å². The normalized spacial score (nSPS) is 11.6. The number of aliphatic hydroxyl groups excluding tert-OH is 2. The molecule has 0 spiro atoms. The monoisotopic (exact) mass is 228 g/mol. The molecule has 0 aliphatic rings. The van der Waals surface area contributed by atoms with E-state index in [1.807, 2.05) is 25.1 Å². The fourth-order valence-corrected chi connectivity index (χ4v) is 0.954. The Bertz CT molecular complexity index is 246. The molecule has 0 saturated heterocycles. The predicted molar refractivity (Wildman–Crippen MR) is 61.9 cm³/mol. The molecule has 0 radical (unpaired) electrons. The molecular formula is C12H20O4. The van der Waals surface area contributed by atoms with Crippen molar-refractivity contribution in [3.05, 3.63) is 30.3 Å². The molecule has 0 aliphatic carbocycles. The van der Waals surface area contributed by atoms with Gasteiger partial charge in [-0.3, -0.25) is 0 Å². The average molecular weight is 228 g/mol. The van der Waals surface area contributed by atoms with Gasteiger partial charge >= 0.3 is 0 Å². The Morgan fingerprint density at radius 1 is 1.12 bits per heavy atom. The molecule has 1 rings (SSSR count). The lowest BCUT2D eigenvalue weighted by atomic mass is 10.3. The molecule has 1 atom stereocenters. The standard InChI is InChI=1S/C8H10O2.C4H10O2/c1-7(9)10-8-5-3-2-4-6-8;1-2-3-4(5)6/h2-7,9H,1H3;4-6H,2-3H2,1H3. The van der Waals surface area contributed by atoms with E-state index in [0.29, 0.717) is 12.2 Å². The van der Waals surface area contributed by atoms with Crippen molar-refractivity contribution >= 4 is 0 Å². The third-order valence-corrected chi connectivity index (χ3v) is 1.60. The lowest BCUT2D eigenvalue weighted by Gasteiger charge is -2.06. The zero-order valence-corrected chi connectivity index (χ0v) is 9.71. The van der Waals surface area contributed by atoms with Crippen LogP contribution in [0.25, 0.3) is 0 Å². The molecule has 0 aromatic heterocycles. The largest absolute Gasteiger partial charge is 0.465 e. The summed E-state index contributed by atoms with van der Waals surface area (Å²) in [4.78, 5) is 0. The summed E-state index contributed by atoms with van der Waals surface area (Å²) in [5.74, 6) is 0.692. The van der Waals surface area contributed by atoms with Crippen LogP contribution in [-0.4, -0.2) is 27.9 Å². The Morgan fingerprint density at radius 3 is 2.00 bits per heavy atom. The second-order valence-corrected chi connectivity index (χ2v) is 3.30. The van der Waals surface area contributed by atoms with Crippen molar-refractivity contribution < 1.29 is 20.1 Å². The first-order valence-electron chi connectivity index (χ1n) is 5.32. The van der Waals surface area contributed by atoms with Crippen LogP contribution in [0.1, 0.15) is 26.7 Å². The van der Waals surface area contributed by atoms with Crippen LogP contribution < -0.4 is 4.74 Å². The Morgan fingerprint density at radius 2 is 1.69 bits per heavy atom. The topological polar surface area (TPSA) is 69.9 Å². The maximum absolute atomic E-state index is 8.78. The lowest BCUT2D eigenvalue weighted by molar-refractivity contribution is -0.0453. The maximum Gasteiger partial charge on any atom is 0.194 e. The molecule has 4 nitrogen and oxygen atoms in total. The smallest absolute Gasteiger partial charge is 0.194 e. The summed E-state index contributed by atoms with van der Waals surface area (Å²) in [6.07, 6.45) is -0.519. The van der Waals surface area contributed by atoms with Gasteiger partial charge in [-0.2, -0.15) is 0 Å². The highest BCUT2D eigenvalue weighted by atomic mass is 16.6. The summed E-state index contributed by atoms with van der Waals surface area (Å²) in [6.45, 7) is 3.48. The molecule has 1 unspecified atom stereocenters. The van der Waals surface area contributed by atoms with Gasteiger partial charge in [0.2, 0.25) is 0 Å². The number of hydrogen-bond donors (Lipinski definition) is 3. The summed E-state index contributed by atoms with van der Waals surface area (Å²) in [5, 5.41) is 25.0. The number of para-hydroxylation sites is 1. The lowest BCUT2D eigenvalue weighted by Crippen LogP contribution is -2.08. The molecule has 0 fully saturated rings. The van der Waals surface area contributed by atoms with Crippen molar-refractivity contribution in [3.8, 4) is 5.75 Å². The SMILES string of the molecule is CC(O)Oc1ccccc1.CCCC(O)O. The van der Waals surface area contributed by atoms with E-state index in [9.17, 15) is 0 Å². The van der Waals surface area contributed by atoms with Gasteiger partial charge in [0.25, 0.3) is 0 Å². The van der Waals surface area contributed by atoms with Crippen LogP contribution >= 0.6 is 0 Å². The van der Waals surface area contributed by atoms with Crippen molar-refractivity contribution in [1.29, 1.82) is 0 Å². The van der Waals surface area contributed by atoms with Crippen LogP contribution in [0.5, 0.6) is 5.75 Å². The Balaban J connectivity index is 0.000000325. The van der Waals surface area contributed by atoms with Gasteiger partial charge in [0.15, 0.2) is 12.6 Å². The highest BCUT2D eigenvalue weighted by Crippen LogP contribution is 2.09. The summed E-state index contributed by atoms with van der Waals surface area (Å²) >= 11 is 0. The van der Waals surface area contributed by atoms with E-state index < -0.39 is 12.6 Å². The van der Waals surface area contributed by atoms with Crippen LogP contribution in [0.3, 0.4) is 0 Å². The van der Waals surface area contributed by atoms with E-state index >= 15 is 0 Å². The third kappa shape index (κ3) is 9.45.